The Labute approximate surface area is 169 Å². The molecule has 5 aromatic rings. The first kappa shape index (κ1) is 17.2. The number of hydrogen-bond donors (Lipinski definition) is 0. The van der Waals surface area contributed by atoms with Crippen LogP contribution in [0.2, 0.25) is 0 Å². The first-order chi connectivity index (χ1) is 14.4. The molecule has 5 rings (SSSR count). The SMILES string of the molecule is c1ccc(-c2c(C(c3ccccc3)n3cccn3)cnn2-c2ccccc2)cc1. The normalized spacial score (nSPS) is 12.0. The van der Waals surface area contributed by atoms with Crippen molar-refractivity contribution in [1.82, 2.24) is 19.6 Å². The Morgan fingerprint density at radius 3 is 1.97 bits per heavy atom. The van der Waals surface area contributed by atoms with E-state index in [1.54, 1.807) is 0 Å². The second-order valence-electron chi connectivity index (χ2n) is 6.86. The molecule has 0 amide bonds. The van der Waals surface area contributed by atoms with Crippen LogP contribution in [-0.2, 0) is 0 Å². The number of hydrogen-bond acceptors (Lipinski definition) is 2. The van der Waals surface area contributed by atoms with Gasteiger partial charge in [0.1, 0.15) is 6.04 Å². The van der Waals surface area contributed by atoms with Crippen LogP contribution in [0.3, 0.4) is 0 Å². The van der Waals surface area contributed by atoms with Crippen LogP contribution in [0.5, 0.6) is 0 Å². The van der Waals surface area contributed by atoms with Gasteiger partial charge < -0.3 is 0 Å². The highest BCUT2D eigenvalue weighted by Gasteiger charge is 2.25. The zero-order chi connectivity index (χ0) is 19.5. The monoisotopic (exact) mass is 376 g/mol. The number of benzene rings is 3. The van der Waals surface area contributed by atoms with E-state index >= 15 is 0 Å². The molecule has 0 spiro atoms. The van der Waals surface area contributed by atoms with Gasteiger partial charge in [-0.1, -0.05) is 78.9 Å². The predicted octanol–water partition coefficient (Wildman–Crippen LogP) is 5.37. The molecule has 0 N–H and O–H groups in total. The standard InChI is InChI=1S/C25H20N4/c1-4-11-20(12-5-1)24(28-18-10-17-26-28)23-19-27-29(22-15-8-3-9-16-22)25(23)21-13-6-2-7-14-21/h1-19,24H. The van der Waals surface area contributed by atoms with E-state index in [1.165, 1.54) is 5.56 Å². The Balaban J connectivity index is 1.77. The van der Waals surface area contributed by atoms with E-state index in [0.717, 1.165) is 22.5 Å². The first-order valence-electron chi connectivity index (χ1n) is 9.64. The molecule has 2 heterocycles. The Hall–Kier alpha value is -3.92. The van der Waals surface area contributed by atoms with E-state index in [-0.39, 0.29) is 6.04 Å². The fourth-order valence-electron chi connectivity index (χ4n) is 3.75. The highest BCUT2D eigenvalue weighted by atomic mass is 15.3. The van der Waals surface area contributed by atoms with Gasteiger partial charge in [-0.3, -0.25) is 4.68 Å². The van der Waals surface area contributed by atoms with Crippen LogP contribution in [-0.4, -0.2) is 19.6 Å². The molecule has 4 heteroatoms. The summed E-state index contributed by atoms with van der Waals surface area (Å²) in [5, 5.41) is 9.36. The summed E-state index contributed by atoms with van der Waals surface area (Å²) in [6.45, 7) is 0. The third-order valence-electron chi connectivity index (χ3n) is 5.04. The average molecular weight is 376 g/mol. The summed E-state index contributed by atoms with van der Waals surface area (Å²) in [6.07, 6.45) is 5.79. The maximum absolute atomic E-state index is 4.79. The lowest BCUT2D eigenvalue weighted by atomic mass is 9.96. The van der Waals surface area contributed by atoms with Crippen molar-refractivity contribution in [1.29, 1.82) is 0 Å². The largest absolute Gasteiger partial charge is 0.261 e. The third kappa shape index (κ3) is 3.25. The van der Waals surface area contributed by atoms with E-state index in [9.17, 15) is 0 Å². The van der Waals surface area contributed by atoms with Gasteiger partial charge in [-0.25, -0.2) is 4.68 Å². The lowest BCUT2D eigenvalue weighted by molar-refractivity contribution is 0.596. The second kappa shape index (κ2) is 7.60. The molecule has 0 aliphatic heterocycles. The van der Waals surface area contributed by atoms with Crippen molar-refractivity contribution in [2.75, 3.05) is 0 Å². The summed E-state index contributed by atoms with van der Waals surface area (Å²) in [7, 11) is 0. The zero-order valence-electron chi connectivity index (χ0n) is 15.8. The van der Waals surface area contributed by atoms with E-state index in [2.05, 4.69) is 65.8 Å². The van der Waals surface area contributed by atoms with Gasteiger partial charge in [0, 0.05) is 23.5 Å². The summed E-state index contributed by atoms with van der Waals surface area (Å²) in [5.74, 6) is 0. The van der Waals surface area contributed by atoms with Gasteiger partial charge in [0.05, 0.1) is 17.6 Å². The van der Waals surface area contributed by atoms with Crippen LogP contribution in [0.1, 0.15) is 17.2 Å². The molecule has 1 atom stereocenters. The summed E-state index contributed by atoms with van der Waals surface area (Å²) >= 11 is 0. The van der Waals surface area contributed by atoms with Crippen molar-refractivity contribution in [3.8, 4) is 16.9 Å². The number of aromatic nitrogens is 4. The third-order valence-corrected chi connectivity index (χ3v) is 5.04. The van der Waals surface area contributed by atoms with Gasteiger partial charge in [0.2, 0.25) is 0 Å². The Morgan fingerprint density at radius 2 is 1.31 bits per heavy atom. The molecule has 2 aromatic heterocycles. The van der Waals surface area contributed by atoms with E-state index in [4.69, 9.17) is 5.10 Å². The molecule has 3 aromatic carbocycles. The zero-order valence-corrected chi connectivity index (χ0v) is 15.8. The van der Waals surface area contributed by atoms with Crippen molar-refractivity contribution < 1.29 is 0 Å². The van der Waals surface area contributed by atoms with Crippen LogP contribution in [0.15, 0.2) is 116 Å². The highest BCUT2D eigenvalue weighted by molar-refractivity contribution is 5.67. The molecule has 140 valence electrons. The van der Waals surface area contributed by atoms with Gasteiger partial charge in [0.25, 0.3) is 0 Å². The molecule has 0 fully saturated rings. The molecule has 0 aliphatic carbocycles. The molecule has 0 aliphatic rings. The van der Waals surface area contributed by atoms with Crippen LogP contribution in [0.25, 0.3) is 16.9 Å². The van der Waals surface area contributed by atoms with Gasteiger partial charge >= 0.3 is 0 Å². The van der Waals surface area contributed by atoms with Crippen LogP contribution < -0.4 is 0 Å². The van der Waals surface area contributed by atoms with Gasteiger partial charge in [-0.05, 0) is 23.8 Å². The van der Waals surface area contributed by atoms with E-state index in [1.807, 2.05) is 64.4 Å². The van der Waals surface area contributed by atoms with Gasteiger partial charge in [0.15, 0.2) is 0 Å². The lowest BCUT2D eigenvalue weighted by Gasteiger charge is -2.20. The fraction of sp³-hybridized carbons (Fsp3) is 0.0400. The summed E-state index contributed by atoms with van der Waals surface area (Å²) in [6, 6.07) is 33.0. The van der Waals surface area contributed by atoms with Crippen molar-refractivity contribution >= 4 is 0 Å². The summed E-state index contributed by atoms with van der Waals surface area (Å²) in [4.78, 5) is 0. The summed E-state index contributed by atoms with van der Waals surface area (Å²) < 4.78 is 4.01. The molecule has 0 radical (unpaired) electrons. The smallest absolute Gasteiger partial charge is 0.105 e. The van der Waals surface area contributed by atoms with Gasteiger partial charge in [-0.2, -0.15) is 10.2 Å². The van der Waals surface area contributed by atoms with Crippen molar-refractivity contribution in [2.24, 2.45) is 0 Å². The quantitative estimate of drug-likeness (QED) is 0.413. The van der Waals surface area contributed by atoms with Crippen LogP contribution >= 0.6 is 0 Å². The molecule has 4 nitrogen and oxygen atoms in total. The highest BCUT2D eigenvalue weighted by Crippen LogP contribution is 2.35. The molecule has 1 unspecified atom stereocenters. The number of nitrogens with zero attached hydrogens (tertiary/aromatic N) is 4. The lowest BCUT2D eigenvalue weighted by Crippen LogP contribution is -2.13. The van der Waals surface area contributed by atoms with Crippen LogP contribution in [0, 0.1) is 0 Å². The van der Waals surface area contributed by atoms with Crippen molar-refractivity contribution in [2.45, 2.75) is 6.04 Å². The van der Waals surface area contributed by atoms with Crippen molar-refractivity contribution in [3.63, 3.8) is 0 Å². The molecule has 0 saturated carbocycles. The van der Waals surface area contributed by atoms with Gasteiger partial charge in [-0.15, -0.1) is 0 Å². The minimum atomic E-state index is -0.0705. The molecule has 29 heavy (non-hydrogen) atoms. The number of para-hydroxylation sites is 1. The first-order valence-corrected chi connectivity index (χ1v) is 9.64. The maximum atomic E-state index is 4.79. The topological polar surface area (TPSA) is 35.6 Å². The maximum Gasteiger partial charge on any atom is 0.105 e. The average Bonchev–Trinajstić information content (AvgIpc) is 3.47. The Morgan fingerprint density at radius 1 is 0.655 bits per heavy atom. The number of rotatable bonds is 5. The molecule has 0 saturated heterocycles. The van der Waals surface area contributed by atoms with Crippen LogP contribution in [0.4, 0.5) is 0 Å². The fourth-order valence-corrected chi connectivity index (χ4v) is 3.75. The minimum Gasteiger partial charge on any atom is -0.261 e. The predicted molar refractivity (Wildman–Crippen MR) is 115 cm³/mol. The van der Waals surface area contributed by atoms with E-state index in [0.29, 0.717) is 0 Å². The molecule has 0 bridgehead atoms. The Bertz CT molecular complexity index is 1180. The van der Waals surface area contributed by atoms with Crippen molar-refractivity contribution in [3.05, 3.63) is 127 Å². The molecular weight excluding hydrogens is 356 g/mol. The second-order valence-corrected chi connectivity index (χ2v) is 6.86. The molecular formula is C25H20N4. The minimum absolute atomic E-state index is 0.0705. The summed E-state index contributed by atoms with van der Waals surface area (Å²) in [5.41, 5.74) is 5.50. The Kier molecular flexibility index (Phi) is 4.51. The van der Waals surface area contributed by atoms with E-state index < -0.39 is 0 Å².